The largest absolute Gasteiger partial charge is 0.387 e. The molecule has 3 heteroatoms. The lowest BCUT2D eigenvalue weighted by molar-refractivity contribution is 0.181. The summed E-state index contributed by atoms with van der Waals surface area (Å²) in [5.41, 5.74) is 2.51. The maximum atomic E-state index is 10.1. The Morgan fingerprint density at radius 2 is 2.20 bits per heavy atom. The van der Waals surface area contributed by atoms with Gasteiger partial charge in [-0.2, -0.15) is 11.3 Å². The Labute approximate surface area is 98.0 Å². The van der Waals surface area contributed by atoms with Gasteiger partial charge in [-0.25, -0.2) is 0 Å². The van der Waals surface area contributed by atoms with E-state index in [0.29, 0.717) is 0 Å². The van der Waals surface area contributed by atoms with Crippen LogP contribution in [0.2, 0.25) is 0 Å². The van der Waals surface area contributed by atoms with Crippen LogP contribution < -0.4 is 0 Å². The van der Waals surface area contributed by atoms with E-state index in [1.54, 1.807) is 22.7 Å². The zero-order chi connectivity index (χ0) is 10.7. The smallest absolute Gasteiger partial charge is 0.0925 e. The molecule has 1 unspecified atom stereocenters. The van der Waals surface area contributed by atoms with Gasteiger partial charge in [-0.3, -0.25) is 0 Å². The van der Waals surface area contributed by atoms with Crippen molar-refractivity contribution in [3.63, 3.8) is 0 Å². The summed E-state index contributed by atoms with van der Waals surface area (Å²) in [7, 11) is 0. The second kappa shape index (κ2) is 4.92. The van der Waals surface area contributed by atoms with Crippen LogP contribution in [0, 0.1) is 0 Å². The topological polar surface area (TPSA) is 20.2 Å². The van der Waals surface area contributed by atoms with E-state index in [0.717, 1.165) is 17.7 Å². The molecule has 0 spiro atoms. The fraction of sp³-hybridized carbons (Fsp3) is 0.333. The fourth-order valence-electron chi connectivity index (χ4n) is 1.66. The van der Waals surface area contributed by atoms with Gasteiger partial charge in [-0.1, -0.05) is 6.92 Å². The maximum Gasteiger partial charge on any atom is 0.0925 e. The summed E-state index contributed by atoms with van der Waals surface area (Å²) >= 11 is 3.34. The van der Waals surface area contributed by atoms with Crippen LogP contribution in [0.3, 0.4) is 0 Å². The Kier molecular flexibility index (Phi) is 3.57. The molecule has 0 aliphatic carbocycles. The van der Waals surface area contributed by atoms with Crippen molar-refractivity contribution in [1.29, 1.82) is 0 Å². The number of aliphatic hydroxyl groups is 1. The van der Waals surface area contributed by atoms with Crippen molar-refractivity contribution >= 4 is 22.7 Å². The van der Waals surface area contributed by atoms with E-state index in [-0.39, 0.29) is 6.10 Å². The summed E-state index contributed by atoms with van der Waals surface area (Å²) in [6.45, 7) is 2.13. The van der Waals surface area contributed by atoms with Crippen molar-refractivity contribution < 1.29 is 5.11 Å². The van der Waals surface area contributed by atoms with Crippen LogP contribution in [-0.2, 0) is 12.8 Å². The Bertz CT molecular complexity index is 403. The molecule has 1 nitrogen and oxygen atoms in total. The molecule has 15 heavy (non-hydrogen) atoms. The summed E-state index contributed by atoms with van der Waals surface area (Å²) in [5.74, 6) is 0. The molecule has 2 aromatic heterocycles. The highest BCUT2D eigenvalue weighted by Gasteiger charge is 2.13. The predicted molar refractivity (Wildman–Crippen MR) is 66.7 cm³/mol. The van der Waals surface area contributed by atoms with Crippen molar-refractivity contribution in [2.45, 2.75) is 25.9 Å². The second-order valence-corrected chi connectivity index (χ2v) is 5.24. The highest BCUT2D eigenvalue weighted by atomic mass is 32.1. The molecule has 2 heterocycles. The SMILES string of the molecule is CCc1ccsc1C(O)Cc1ccsc1. The highest BCUT2D eigenvalue weighted by molar-refractivity contribution is 7.10. The fourth-order valence-corrected chi connectivity index (χ4v) is 3.32. The molecule has 0 amide bonds. The maximum absolute atomic E-state index is 10.1. The zero-order valence-corrected chi connectivity index (χ0v) is 10.3. The monoisotopic (exact) mass is 238 g/mol. The summed E-state index contributed by atoms with van der Waals surface area (Å²) in [6.07, 6.45) is 1.39. The Morgan fingerprint density at radius 3 is 2.87 bits per heavy atom. The van der Waals surface area contributed by atoms with E-state index in [1.165, 1.54) is 11.1 Å². The highest BCUT2D eigenvalue weighted by Crippen LogP contribution is 2.28. The molecule has 0 saturated heterocycles. The van der Waals surface area contributed by atoms with Crippen LogP contribution in [0.4, 0.5) is 0 Å². The number of rotatable bonds is 4. The van der Waals surface area contributed by atoms with E-state index in [4.69, 9.17) is 0 Å². The Balaban J connectivity index is 2.11. The molecule has 80 valence electrons. The number of aliphatic hydroxyl groups excluding tert-OH is 1. The third-order valence-corrected chi connectivity index (χ3v) is 4.27. The molecule has 0 fully saturated rings. The third kappa shape index (κ3) is 2.48. The quantitative estimate of drug-likeness (QED) is 0.862. The minimum absolute atomic E-state index is 0.338. The first-order valence-corrected chi connectivity index (χ1v) is 6.89. The summed E-state index contributed by atoms with van der Waals surface area (Å²) in [5, 5.41) is 16.3. The lowest BCUT2D eigenvalue weighted by Gasteiger charge is -2.09. The van der Waals surface area contributed by atoms with Gasteiger partial charge in [0.1, 0.15) is 0 Å². The first-order valence-electron chi connectivity index (χ1n) is 5.06. The van der Waals surface area contributed by atoms with Gasteiger partial charge >= 0.3 is 0 Å². The number of hydrogen-bond acceptors (Lipinski definition) is 3. The molecule has 2 rings (SSSR count). The Morgan fingerprint density at radius 1 is 1.33 bits per heavy atom. The molecular weight excluding hydrogens is 224 g/mol. The molecule has 0 saturated carbocycles. The molecule has 0 aliphatic rings. The second-order valence-electron chi connectivity index (χ2n) is 3.52. The van der Waals surface area contributed by atoms with Gasteiger partial charge in [0, 0.05) is 11.3 Å². The first-order chi connectivity index (χ1) is 7.31. The summed E-state index contributed by atoms with van der Waals surface area (Å²) in [4.78, 5) is 1.13. The average Bonchev–Trinajstić information content (AvgIpc) is 2.86. The molecule has 0 aromatic carbocycles. The molecule has 0 radical (unpaired) electrons. The minimum Gasteiger partial charge on any atom is -0.387 e. The van der Waals surface area contributed by atoms with Gasteiger partial charge in [0.05, 0.1) is 6.10 Å². The van der Waals surface area contributed by atoms with Crippen LogP contribution in [0.25, 0.3) is 0 Å². The molecule has 1 N–H and O–H groups in total. The average molecular weight is 238 g/mol. The predicted octanol–water partition coefficient (Wildman–Crippen LogP) is 3.65. The number of thiophene rings is 2. The van der Waals surface area contributed by atoms with E-state index in [9.17, 15) is 5.11 Å². The van der Waals surface area contributed by atoms with Gasteiger partial charge in [-0.15, -0.1) is 11.3 Å². The lowest BCUT2D eigenvalue weighted by atomic mass is 10.1. The molecule has 0 bridgehead atoms. The number of hydrogen-bond donors (Lipinski definition) is 1. The Hall–Kier alpha value is -0.640. The van der Waals surface area contributed by atoms with E-state index in [1.807, 2.05) is 0 Å². The van der Waals surface area contributed by atoms with Crippen molar-refractivity contribution in [3.05, 3.63) is 44.3 Å². The molecule has 0 aliphatic heterocycles. The van der Waals surface area contributed by atoms with Crippen LogP contribution in [0.15, 0.2) is 28.3 Å². The molecule has 2 aromatic rings. The standard InChI is InChI=1S/C12H14OS2/c1-2-10-4-6-15-12(10)11(13)7-9-3-5-14-8-9/h3-6,8,11,13H,2,7H2,1H3. The van der Waals surface area contributed by atoms with Gasteiger partial charge in [0.2, 0.25) is 0 Å². The lowest BCUT2D eigenvalue weighted by Crippen LogP contribution is -2.01. The minimum atomic E-state index is -0.338. The van der Waals surface area contributed by atoms with Crippen LogP contribution in [0.1, 0.15) is 29.0 Å². The number of aryl methyl sites for hydroxylation is 1. The van der Waals surface area contributed by atoms with Gasteiger partial charge in [0.25, 0.3) is 0 Å². The van der Waals surface area contributed by atoms with E-state index >= 15 is 0 Å². The van der Waals surface area contributed by atoms with Crippen molar-refractivity contribution in [1.82, 2.24) is 0 Å². The zero-order valence-electron chi connectivity index (χ0n) is 8.64. The third-order valence-electron chi connectivity index (χ3n) is 2.47. The molecular formula is C12H14OS2. The van der Waals surface area contributed by atoms with Crippen molar-refractivity contribution in [3.8, 4) is 0 Å². The summed E-state index contributed by atoms with van der Waals surface area (Å²) in [6, 6.07) is 4.18. The van der Waals surface area contributed by atoms with Crippen LogP contribution in [-0.4, -0.2) is 5.11 Å². The van der Waals surface area contributed by atoms with Crippen LogP contribution in [0.5, 0.6) is 0 Å². The van der Waals surface area contributed by atoms with E-state index in [2.05, 4.69) is 35.2 Å². The molecule has 1 atom stereocenters. The van der Waals surface area contributed by atoms with E-state index < -0.39 is 0 Å². The van der Waals surface area contributed by atoms with Gasteiger partial charge in [0.15, 0.2) is 0 Å². The van der Waals surface area contributed by atoms with Crippen molar-refractivity contribution in [2.24, 2.45) is 0 Å². The first kappa shape index (κ1) is 10.9. The van der Waals surface area contributed by atoms with Crippen molar-refractivity contribution in [2.75, 3.05) is 0 Å². The van der Waals surface area contributed by atoms with Gasteiger partial charge in [-0.05, 0) is 45.8 Å². The summed E-state index contributed by atoms with van der Waals surface area (Å²) < 4.78 is 0. The van der Waals surface area contributed by atoms with Gasteiger partial charge < -0.3 is 5.11 Å². The van der Waals surface area contributed by atoms with Crippen LogP contribution >= 0.6 is 22.7 Å². The normalized spacial score (nSPS) is 12.9.